The van der Waals surface area contributed by atoms with Crippen LogP contribution in [0, 0.1) is 35.5 Å². The molecule has 0 aromatic rings. The van der Waals surface area contributed by atoms with Gasteiger partial charge in [0.2, 0.25) is 0 Å². The lowest BCUT2D eigenvalue weighted by atomic mass is 9.48. The zero-order chi connectivity index (χ0) is 15.8. The zero-order valence-electron chi connectivity index (χ0n) is 14.1. The van der Waals surface area contributed by atoms with Crippen LogP contribution in [0.25, 0.3) is 0 Å². The van der Waals surface area contributed by atoms with Crippen LogP contribution in [0.4, 0.5) is 4.79 Å². The van der Waals surface area contributed by atoms with E-state index >= 15 is 0 Å². The summed E-state index contributed by atoms with van der Waals surface area (Å²) in [5, 5.41) is 0. The molecular weight excluding hydrogens is 288 g/mol. The Labute approximate surface area is 138 Å². The van der Waals surface area contributed by atoms with Crippen LogP contribution in [0.5, 0.6) is 0 Å². The number of fused-ring (bicyclic) bond motifs is 8. The van der Waals surface area contributed by atoms with Crippen molar-refractivity contribution in [3.63, 3.8) is 0 Å². The number of hydrogen-bond donors (Lipinski definition) is 0. The fraction of sp³-hybridized carbons (Fsp3) is 0.850. The van der Waals surface area contributed by atoms with E-state index in [0.29, 0.717) is 23.7 Å². The molecule has 126 valence electrons. The van der Waals surface area contributed by atoms with E-state index in [1.807, 2.05) is 0 Å². The molecule has 4 saturated carbocycles. The van der Waals surface area contributed by atoms with Crippen molar-refractivity contribution in [3.05, 3.63) is 12.2 Å². The lowest BCUT2D eigenvalue weighted by molar-refractivity contribution is -0.152. The monoisotopic (exact) mass is 316 g/mol. The number of ether oxygens (including phenoxy) is 2. The minimum atomic E-state index is -0.423. The molecule has 1 saturated heterocycles. The fourth-order valence-electron chi connectivity index (χ4n) is 7.37. The minimum Gasteiger partial charge on any atom is -0.426 e. The van der Waals surface area contributed by atoms with Crippen molar-refractivity contribution in [2.75, 3.05) is 0 Å². The Morgan fingerprint density at radius 2 is 1.96 bits per heavy atom. The van der Waals surface area contributed by atoms with Gasteiger partial charge in [-0.1, -0.05) is 25.0 Å². The Bertz CT molecular complexity index is 555. The van der Waals surface area contributed by atoms with Gasteiger partial charge in [-0.25, -0.2) is 4.79 Å². The molecule has 1 heterocycles. The van der Waals surface area contributed by atoms with E-state index in [4.69, 9.17) is 9.47 Å². The molecule has 1 aliphatic heterocycles. The number of hydrogen-bond acceptors (Lipinski definition) is 3. The molecule has 8 unspecified atom stereocenters. The van der Waals surface area contributed by atoms with Crippen molar-refractivity contribution in [1.29, 1.82) is 0 Å². The summed E-state index contributed by atoms with van der Waals surface area (Å²) in [6.07, 6.45) is 9.79. The van der Waals surface area contributed by atoms with Gasteiger partial charge >= 0.3 is 6.16 Å². The zero-order valence-corrected chi connectivity index (χ0v) is 14.1. The van der Waals surface area contributed by atoms with Crippen LogP contribution in [-0.4, -0.2) is 17.9 Å². The summed E-state index contributed by atoms with van der Waals surface area (Å²) in [5.74, 6) is 3.73. The second kappa shape index (κ2) is 4.77. The van der Waals surface area contributed by atoms with Crippen LogP contribution in [0.2, 0.25) is 0 Å². The molecule has 4 aliphatic carbocycles. The largest absolute Gasteiger partial charge is 0.509 e. The molecule has 8 atom stereocenters. The van der Waals surface area contributed by atoms with Crippen LogP contribution in [0.1, 0.15) is 58.3 Å². The maximum atomic E-state index is 12.1. The molecule has 23 heavy (non-hydrogen) atoms. The molecule has 0 radical (unpaired) electrons. The van der Waals surface area contributed by atoms with E-state index < -0.39 is 11.8 Å². The standard InChI is InChI=1S/C20H28O3/c1-11-5-3-8-15-16(11)14-10-9-12-6-4-7-13(12)17(14)18-20(15,2)23-19(21)22-18/h12-18H,1,3-10H2,2H3. The van der Waals surface area contributed by atoms with Crippen molar-refractivity contribution >= 4 is 6.16 Å². The van der Waals surface area contributed by atoms with E-state index in [1.54, 1.807) is 0 Å². The third kappa shape index (κ3) is 1.80. The van der Waals surface area contributed by atoms with E-state index in [0.717, 1.165) is 24.7 Å². The van der Waals surface area contributed by atoms with Crippen LogP contribution < -0.4 is 0 Å². The topological polar surface area (TPSA) is 35.5 Å². The molecule has 5 fully saturated rings. The first-order valence-electron chi connectivity index (χ1n) is 9.67. The molecule has 3 heteroatoms. The number of rotatable bonds is 0. The number of carbonyl (C=O) groups excluding carboxylic acids is 1. The Hall–Kier alpha value is -0.990. The lowest BCUT2D eigenvalue weighted by Gasteiger charge is -2.58. The second-order valence-corrected chi connectivity index (χ2v) is 8.93. The molecule has 0 bridgehead atoms. The van der Waals surface area contributed by atoms with Crippen LogP contribution >= 0.6 is 0 Å². The van der Waals surface area contributed by atoms with Crippen LogP contribution in [0.3, 0.4) is 0 Å². The second-order valence-electron chi connectivity index (χ2n) is 8.93. The van der Waals surface area contributed by atoms with Gasteiger partial charge in [-0.15, -0.1) is 0 Å². The summed E-state index contributed by atoms with van der Waals surface area (Å²) < 4.78 is 11.7. The Morgan fingerprint density at radius 3 is 2.83 bits per heavy atom. The smallest absolute Gasteiger partial charge is 0.426 e. The van der Waals surface area contributed by atoms with Gasteiger partial charge in [0.05, 0.1) is 0 Å². The Morgan fingerprint density at radius 1 is 1.09 bits per heavy atom. The van der Waals surface area contributed by atoms with Gasteiger partial charge in [0, 0.05) is 11.8 Å². The molecule has 0 N–H and O–H groups in total. The molecule has 5 rings (SSSR count). The van der Waals surface area contributed by atoms with E-state index in [1.165, 1.54) is 44.1 Å². The summed E-state index contributed by atoms with van der Waals surface area (Å²) >= 11 is 0. The van der Waals surface area contributed by atoms with Crippen molar-refractivity contribution in [3.8, 4) is 0 Å². The maximum absolute atomic E-state index is 12.1. The first kappa shape index (κ1) is 14.4. The van der Waals surface area contributed by atoms with Gasteiger partial charge in [-0.3, -0.25) is 0 Å². The van der Waals surface area contributed by atoms with E-state index in [-0.39, 0.29) is 6.10 Å². The third-order valence-corrected chi connectivity index (χ3v) is 8.13. The van der Waals surface area contributed by atoms with Crippen LogP contribution in [-0.2, 0) is 9.47 Å². The summed E-state index contributed by atoms with van der Waals surface area (Å²) in [7, 11) is 0. The van der Waals surface area contributed by atoms with E-state index in [9.17, 15) is 4.79 Å². The molecule has 0 aromatic carbocycles. The van der Waals surface area contributed by atoms with Gasteiger partial charge < -0.3 is 9.47 Å². The van der Waals surface area contributed by atoms with Gasteiger partial charge in [-0.2, -0.15) is 0 Å². The van der Waals surface area contributed by atoms with Gasteiger partial charge in [-0.05, 0) is 69.1 Å². The van der Waals surface area contributed by atoms with Crippen LogP contribution in [0.15, 0.2) is 12.2 Å². The average molecular weight is 316 g/mol. The van der Waals surface area contributed by atoms with Crippen molar-refractivity contribution in [1.82, 2.24) is 0 Å². The van der Waals surface area contributed by atoms with Gasteiger partial charge in [0.15, 0.2) is 5.60 Å². The van der Waals surface area contributed by atoms with Gasteiger partial charge in [0.25, 0.3) is 0 Å². The molecule has 0 aromatic heterocycles. The van der Waals surface area contributed by atoms with Crippen molar-refractivity contribution in [2.24, 2.45) is 35.5 Å². The predicted molar refractivity (Wildman–Crippen MR) is 86.8 cm³/mol. The molecule has 5 aliphatic rings. The quantitative estimate of drug-likeness (QED) is 0.479. The molecule has 0 amide bonds. The van der Waals surface area contributed by atoms with E-state index in [2.05, 4.69) is 13.5 Å². The fourth-order valence-corrected chi connectivity index (χ4v) is 7.37. The number of carbonyl (C=O) groups is 1. The highest BCUT2D eigenvalue weighted by Crippen LogP contribution is 2.63. The summed E-state index contributed by atoms with van der Waals surface area (Å²) in [4.78, 5) is 12.1. The average Bonchev–Trinajstić information content (AvgIpc) is 3.10. The Balaban J connectivity index is 1.61. The minimum absolute atomic E-state index is 0.0157. The normalized spacial score (nSPS) is 54.4. The van der Waals surface area contributed by atoms with Gasteiger partial charge in [0.1, 0.15) is 6.10 Å². The Kier molecular flexibility index (Phi) is 2.98. The first-order chi connectivity index (χ1) is 11.1. The van der Waals surface area contributed by atoms with Crippen molar-refractivity contribution < 1.29 is 14.3 Å². The summed E-state index contributed by atoms with van der Waals surface area (Å²) in [6, 6.07) is 0. The summed E-state index contributed by atoms with van der Waals surface area (Å²) in [6.45, 7) is 6.62. The van der Waals surface area contributed by atoms with Crippen molar-refractivity contribution in [2.45, 2.75) is 70.0 Å². The molecule has 0 spiro atoms. The highest BCUT2D eigenvalue weighted by Gasteiger charge is 2.67. The first-order valence-corrected chi connectivity index (χ1v) is 9.67. The maximum Gasteiger partial charge on any atom is 0.509 e. The predicted octanol–water partition coefficient (Wildman–Crippen LogP) is 4.71. The highest BCUT2D eigenvalue weighted by atomic mass is 16.8. The molecule has 3 nitrogen and oxygen atoms in total. The SMILES string of the molecule is C=C1CCCC2C1C1CCC3CCCC3C1C1OC(=O)OC21C. The lowest BCUT2D eigenvalue weighted by Crippen LogP contribution is -2.62. The third-order valence-electron chi connectivity index (χ3n) is 8.13. The number of allylic oxidation sites excluding steroid dienone is 1. The molecular formula is C20H28O3. The highest BCUT2D eigenvalue weighted by molar-refractivity contribution is 5.64. The summed E-state index contributed by atoms with van der Waals surface area (Å²) in [5.41, 5.74) is 1.01.